The third-order valence-electron chi connectivity index (χ3n) is 1.83. The number of hydrogen-bond donors (Lipinski definition) is 1. The number of nitrogen functional groups attached to an aromatic ring is 1. The average molecular weight is 153 g/mol. The maximum atomic E-state index is 5.52. The summed E-state index contributed by atoms with van der Waals surface area (Å²) < 4.78 is 7.31. The van der Waals surface area contributed by atoms with Gasteiger partial charge in [-0.1, -0.05) is 0 Å². The quantitative estimate of drug-likeness (QED) is 0.586. The Hall–Kier alpha value is -1.03. The number of ether oxygens (including phenoxy) is 1. The second kappa shape index (κ2) is 2.23. The van der Waals surface area contributed by atoms with Crippen LogP contribution in [-0.4, -0.2) is 15.9 Å². The minimum atomic E-state index is 0.252. The maximum Gasteiger partial charge on any atom is 0.145 e. The molecule has 1 aliphatic rings. The molecular weight excluding hydrogens is 142 g/mol. The van der Waals surface area contributed by atoms with Crippen LogP contribution in [0.25, 0.3) is 0 Å². The van der Waals surface area contributed by atoms with Gasteiger partial charge in [-0.25, -0.2) is 0 Å². The van der Waals surface area contributed by atoms with Crippen LogP contribution < -0.4 is 5.73 Å². The molecule has 0 saturated heterocycles. The highest BCUT2D eigenvalue weighted by Gasteiger charge is 2.15. The molecule has 60 valence electrons. The molecule has 0 saturated carbocycles. The van der Waals surface area contributed by atoms with Gasteiger partial charge in [0.1, 0.15) is 5.82 Å². The van der Waals surface area contributed by atoms with Gasteiger partial charge in [-0.15, -0.1) is 0 Å². The highest BCUT2D eigenvalue weighted by molar-refractivity contribution is 5.29. The molecule has 0 bridgehead atoms. The second-order valence-corrected chi connectivity index (χ2v) is 2.86. The molecule has 1 aromatic heterocycles. The molecule has 0 fully saturated rings. The molecule has 0 radical (unpaired) electrons. The Labute approximate surface area is 64.9 Å². The molecule has 1 unspecified atom stereocenters. The largest absolute Gasteiger partial charge is 0.382 e. The Morgan fingerprint density at radius 3 is 3.45 bits per heavy atom. The molecule has 4 nitrogen and oxygen atoms in total. The molecule has 1 aromatic rings. The predicted octanol–water partition coefficient (Wildman–Crippen LogP) is 0.384. The SMILES string of the molecule is CC1Cn2nc(N)cc2CO1. The Morgan fingerprint density at radius 1 is 1.82 bits per heavy atom. The fraction of sp³-hybridized carbons (Fsp3) is 0.571. The zero-order valence-electron chi connectivity index (χ0n) is 6.45. The van der Waals surface area contributed by atoms with Crippen molar-refractivity contribution in [2.24, 2.45) is 0 Å². The molecule has 2 rings (SSSR count). The topological polar surface area (TPSA) is 53.1 Å². The summed E-state index contributed by atoms with van der Waals surface area (Å²) in [4.78, 5) is 0. The van der Waals surface area contributed by atoms with Crippen LogP contribution in [0.4, 0.5) is 5.82 Å². The molecular formula is C7H11N3O. The van der Waals surface area contributed by atoms with Gasteiger partial charge in [0.05, 0.1) is 24.9 Å². The van der Waals surface area contributed by atoms with E-state index in [-0.39, 0.29) is 6.10 Å². The molecule has 0 spiro atoms. The Bertz CT molecular complexity index is 269. The van der Waals surface area contributed by atoms with E-state index in [4.69, 9.17) is 10.5 Å². The summed E-state index contributed by atoms with van der Waals surface area (Å²) in [5, 5.41) is 4.12. The maximum absolute atomic E-state index is 5.52. The van der Waals surface area contributed by atoms with Gasteiger partial charge in [0, 0.05) is 6.07 Å². The fourth-order valence-electron chi connectivity index (χ4n) is 1.28. The van der Waals surface area contributed by atoms with E-state index >= 15 is 0 Å². The van der Waals surface area contributed by atoms with Gasteiger partial charge in [-0.05, 0) is 6.92 Å². The summed E-state index contributed by atoms with van der Waals surface area (Å²) in [6.07, 6.45) is 0.252. The summed E-state index contributed by atoms with van der Waals surface area (Å²) in [5.74, 6) is 0.581. The molecule has 2 N–H and O–H groups in total. The number of aromatic nitrogens is 2. The zero-order valence-corrected chi connectivity index (χ0v) is 6.45. The Morgan fingerprint density at radius 2 is 2.64 bits per heavy atom. The van der Waals surface area contributed by atoms with Gasteiger partial charge in [0.25, 0.3) is 0 Å². The van der Waals surface area contributed by atoms with E-state index < -0.39 is 0 Å². The van der Waals surface area contributed by atoms with Gasteiger partial charge >= 0.3 is 0 Å². The number of rotatable bonds is 0. The normalized spacial score (nSPS) is 23.2. The molecule has 1 atom stereocenters. The van der Waals surface area contributed by atoms with E-state index in [0.717, 1.165) is 12.2 Å². The van der Waals surface area contributed by atoms with Crippen molar-refractivity contribution < 1.29 is 4.74 Å². The summed E-state index contributed by atoms with van der Waals surface area (Å²) in [6, 6.07) is 1.85. The van der Waals surface area contributed by atoms with Crippen LogP contribution in [0.3, 0.4) is 0 Å². The van der Waals surface area contributed by atoms with E-state index in [1.807, 2.05) is 17.7 Å². The van der Waals surface area contributed by atoms with Crippen LogP contribution in [0.2, 0.25) is 0 Å². The van der Waals surface area contributed by atoms with E-state index in [9.17, 15) is 0 Å². The first-order chi connectivity index (χ1) is 5.25. The molecule has 0 aromatic carbocycles. The second-order valence-electron chi connectivity index (χ2n) is 2.86. The number of fused-ring (bicyclic) bond motifs is 1. The molecule has 11 heavy (non-hydrogen) atoms. The monoisotopic (exact) mass is 153 g/mol. The van der Waals surface area contributed by atoms with Crippen molar-refractivity contribution in [2.75, 3.05) is 5.73 Å². The van der Waals surface area contributed by atoms with E-state index in [2.05, 4.69) is 5.10 Å². The van der Waals surface area contributed by atoms with Crippen LogP contribution in [0.5, 0.6) is 0 Å². The van der Waals surface area contributed by atoms with Crippen LogP contribution in [0.15, 0.2) is 6.07 Å². The smallest absolute Gasteiger partial charge is 0.145 e. The number of anilines is 1. The van der Waals surface area contributed by atoms with Crippen LogP contribution >= 0.6 is 0 Å². The summed E-state index contributed by atoms with van der Waals surface area (Å²) in [7, 11) is 0. The first-order valence-corrected chi connectivity index (χ1v) is 3.69. The van der Waals surface area contributed by atoms with Crippen LogP contribution in [0, 0.1) is 0 Å². The van der Waals surface area contributed by atoms with Crippen molar-refractivity contribution in [3.63, 3.8) is 0 Å². The molecule has 1 aliphatic heterocycles. The zero-order chi connectivity index (χ0) is 7.84. The lowest BCUT2D eigenvalue weighted by Crippen LogP contribution is -2.24. The Kier molecular flexibility index (Phi) is 1.35. The number of nitrogens with zero attached hydrogens (tertiary/aromatic N) is 2. The molecule has 4 heteroatoms. The standard InChI is InChI=1S/C7H11N3O/c1-5-3-10-6(4-11-5)2-7(8)9-10/h2,5H,3-4H2,1H3,(H2,8,9). The molecule has 0 amide bonds. The van der Waals surface area contributed by atoms with Crippen molar-refractivity contribution >= 4 is 5.82 Å². The fourth-order valence-corrected chi connectivity index (χ4v) is 1.28. The van der Waals surface area contributed by atoms with E-state index in [0.29, 0.717) is 12.4 Å². The molecule has 0 aliphatic carbocycles. The third-order valence-corrected chi connectivity index (χ3v) is 1.83. The number of hydrogen-bond acceptors (Lipinski definition) is 3. The lowest BCUT2D eigenvalue weighted by molar-refractivity contribution is 0.0124. The summed E-state index contributed by atoms with van der Waals surface area (Å²) >= 11 is 0. The minimum absolute atomic E-state index is 0.252. The van der Waals surface area contributed by atoms with E-state index in [1.165, 1.54) is 0 Å². The Balaban J connectivity index is 2.34. The third kappa shape index (κ3) is 1.09. The van der Waals surface area contributed by atoms with Gasteiger partial charge in [0.2, 0.25) is 0 Å². The average Bonchev–Trinajstić information content (AvgIpc) is 2.27. The van der Waals surface area contributed by atoms with E-state index in [1.54, 1.807) is 0 Å². The van der Waals surface area contributed by atoms with Gasteiger partial charge in [0.15, 0.2) is 0 Å². The van der Waals surface area contributed by atoms with Crippen molar-refractivity contribution in [2.45, 2.75) is 26.2 Å². The van der Waals surface area contributed by atoms with Gasteiger partial charge < -0.3 is 10.5 Å². The number of nitrogens with two attached hydrogens (primary N) is 1. The predicted molar refractivity (Wildman–Crippen MR) is 40.9 cm³/mol. The highest BCUT2D eigenvalue weighted by atomic mass is 16.5. The highest BCUT2D eigenvalue weighted by Crippen LogP contribution is 2.14. The lowest BCUT2D eigenvalue weighted by atomic mass is 10.3. The first-order valence-electron chi connectivity index (χ1n) is 3.69. The van der Waals surface area contributed by atoms with Crippen molar-refractivity contribution in [1.29, 1.82) is 0 Å². The summed E-state index contributed by atoms with van der Waals surface area (Å²) in [6.45, 7) is 3.47. The summed E-state index contributed by atoms with van der Waals surface area (Å²) in [5.41, 5.74) is 6.59. The van der Waals surface area contributed by atoms with Crippen molar-refractivity contribution in [1.82, 2.24) is 9.78 Å². The van der Waals surface area contributed by atoms with Gasteiger partial charge in [-0.2, -0.15) is 5.10 Å². The van der Waals surface area contributed by atoms with Crippen molar-refractivity contribution in [3.8, 4) is 0 Å². The first kappa shape index (κ1) is 6.67. The van der Waals surface area contributed by atoms with Gasteiger partial charge in [-0.3, -0.25) is 4.68 Å². The van der Waals surface area contributed by atoms with Crippen LogP contribution in [0.1, 0.15) is 12.6 Å². The minimum Gasteiger partial charge on any atom is -0.382 e. The van der Waals surface area contributed by atoms with Crippen LogP contribution in [-0.2, 0) is 17.9 Å². The van der Waals surface area contributed by atoms with Crippen molar-refractivity contribution in [3.05, 3.63) is 11.8 Å². The lowest BCUT2D eigenvalue weighted by Gasteiger charge is -2.20. The molecule has 2 heterocycles.